The van der Waals surface area contributed by atoms with E-state index in [2.05, 4.69) is 31.7 Å². The van der Waals surface area contributed by atoms with E-state index in [-0.39, 0.29) is 24.0 Å². The van der Waals surface area contributed by atoms with Gasteiger partial charge in [-0.25, -0.2) is 18.7 Å². The van der Waals surface area contributed by atoms with Gasteiger partial charge in [-0.05, 0) is 99.0 Å². The molecule has 8 aromatic rings. The zero-order valence-electron chi connectivity index (χ0n) is 34.5. The van der Waals surface area contributed by atoms with Gasteiger partial charge in [0.1, 0.15) is 17.3 Å². The zero-order chi connectivity index (χ0) is 42.4. The fourth-order valence-corrected chi connectivity index (χ4v) is 8.19. The predicted octanol–water partition coefficient (Wildman–Crippen LogP) is 6.81. The predicted molar refractivity (Wildman–Crippen MR) is 227 cm³/mol. The number of aromatic amines is 2. The van der Waals surface area contributed by atoms with Gasteiger partial charge in [0.25, 0.3) is 5.91 Å². The molecule has 2 fully saturated rings. The van der Waals surface area contributed by atoms with Crippen LogP contribution in [0.15, 0.2) is 93.4 Å². The van der Waals surface area contributed by atoms with Crippen molar-refractivity contribution >= 4 is 27.7 Å². The normalized spacial score (nSPS) is 17.1. The first-order chi connectivity index (χ1) is 29.5. The first kappa shape index (κ1) is 39.6. The van der Waals surface area contributed by atoms with E-state index in [1.807, 2.05) is 55.6 Å². The number of hydrogen-bond donors (Lipinski definition) is 2. The molecule has 3 aromatic carbocycles. The van der Waals surface area contributed by atoms with E-state index in [4.69, 9.17) is 9.84 Å². The van der Waals surface area contributed by atoms with Crippen LogP contribution < -0.4 is 11.4 Å². The van der Waals surface area contributed by atoms with Gasteiger partial charge in [0.05, 0.1) is 35.3 Å². The van der Waals surface area contributed by atoms with Crippen molar-refractivity contribution in [3.63, 3.8) is 0 Å². The van der Waals surface area contributed by atoms with E-state index in [1.54, 1.807) is 68.0 Å². The van der Waals surface area contributed by atoms with E-state index < -0.39 is 5.76 Å². The molecule has 15 nitrogen and oxygen atoms in total. The highest BCUT2D eigenvalue weighted by molar-refractivity contribution is 5.98. The van der Waals surface area contributed by atoms with Gasteiger partial charge in [-0.1, -0.05) is 30.3 Å². The average Bonchev–Trinajstić information content (AvgIpc) is 3.85. The van der Waals surface area contributed by atoms with Crippen molar-refractivity contribution in [1.82, 2.24) is 48.7 Å². The molecular formula is C45H47FN10O5. The average molecular weight is 827 g/mol. The molecule has 5 aromatic heterocycles. The third-order valence-corrected chi connectivity index (χ3v) is 11.7. The number of rotatable bonds is 5. The number of para-hydroxylation sites is 1. The van der Waals surface area contributed by atoms with Crippen LogP contribution in [0.25, 0.3) is 39.0 Å². The topological polar surface area (TPSA) is 167 Å². The fourth-order valence-electron chi connectivity index (χ4n) is 8.19. The Bertz CT molecular complexity index is 2940. The number of imidazole rings is 1. The summed E-state index contributed by atoms with van der Waals surface area (Å²) in [5.41, 5.74) is 5.93. The highest BCUT2D eigenvalue weighted by Crippen LogP contribution is 2.44. The third-order valence-electron chi connectivity index (χ3n) is 11.7. The molecule has 0 spiro atoms. The molecule has 0 radical (unpaired) electrons. The van der Waals surface area contributed by atoms with Crippen LogP contribution in [0, 0.1) is 25.6 Å². The molecule has 11 rings (SSSR count). The monoisotopic (exact) mass is 826 g/mol. The largest absolute Gasteiger partial charge is 0.438 e. The van der Waals surface area contributed by atoms with E-state index >= 15 is 0 Å². The van der Waals surface area contributed by atoms with E-state index in [0.717, 1.165) is 52.7 Å². The van der Waals surface area contributed by atoms with Crippen LogP contribution in [-0.2, 0) is 24.8 Å². The quantitative estimate of drug-likeness (QED) is 0.191. The Balaban J connectivity index is 0.000000247. The summed E-state index contributed by atoms with van der Waals surface area (Å²) in [4.78, 5) is 45.9. The molecular weight excluding hydrogens is 780 g/mol. The number of carbonyl (C=O) groups excluding carboxylic acids is 1. The van der Waals surface area contributed by atoms with Crippen LogP contribution >= 0.6 is 0 Å². The molecule has 1 amide bonds. The summed E-state index contributed by atoms with van der Waals surface area (Å²) in [6, 6.07) is 18.9. The second-order valence-corrected chi connectivity index (χ2v) is 16.1. The van der Waals surface area contributed by atoms with Gasteiger partial charge in [-0.2, -0.15) is 10.2 Å². The van der Waals surface area contributed by atoms with E-state index in [0.29, 0.717) is 64.6 Å². The van der Waals surface area contributed by atoms with Crippen LogP contribution in [0.4, 0.5) is 4.39 Å². The number of carbonyl (C=O) groups is 1. The van der Waals surface area contributed by atoms with Crippen molar-refractivity contribution in [2.24, 2.45) is 13.0 Å². The van der Waals surface area contributed by atoms with E-state index in [1.165, 1.54) is 19.3 Å². The molecule has 1 saturated heterocycles. The Morgan fingerprint density at radius 1 is 0.902 bits per heavy atom. The minimum atomic E-state index is -0.450. The van der Waals surface area contributed by atoms with Gasteiger partial charge in [-0.3, -0.25) is 28.1 Å². The molecule has 61 heavy (non-hydrogen) atoms. The summed E-state index contributed by atoms with van der Waals surface area (Å²) in [5, 5.41) is 14.7. The Morgan fingerprint density at radius 2 is 1.66 bits per heavy atom. The van der Waals surface area contributed by atoms with Crippen molar-refractivity contribution in [3.8, 4) is 17.2 Å². The number of H-pyrrole nitrogens is 2. The minimum Gasteiger partial charge on any atom is -0.381 e. The van der Waals surface area contributed by atoms with Crippen LogP contribution in [0.1, 0.15) is 77.2 Å². The maximum atomic E-state index is 14.7. The summed E-state index contributed by atoms with van der Waals surface area (Å²) >= 11 is 0. The molecule has 1 aliphatic carbocycles. The number of aromatic nitrogens is 9. The van der Waals surface area contributed by atoms with Crippen LogP contribution in [0.3, 0.4) is 0 Å². The zero-order valence-corrected chi connectivity index (χ0v) is 34.5. The molecule has 2 atom stereocenters. The van der Waals surface area contributed by atoms with Gasteiger partial charge in [0.2, 0.25) is 0 Å². The Kier molecular flexibility index (Phi) is 10.6. The minimum absolute atomic E-state index is 0.126. The van der Waals surface area contributed by atoms with E-state index in [9.17, 15) is 18.8 Å². The Hall–Kier alpha value is -6.81. The first-order valence-electron chi connectivity index (χ1n) is 20.6. The number of aryl methyl sites for hydroxylation is 3. The van der Waals surface area contributed by atoms with Crippen molar-refractivity contribution < 1.29 is 18.4 Å². The maximum Gasteiger partial charge on any atom is 0.438 e. The molecule has 3 aliphatic rings. The number of nitrogens with one attached hydrogen (secondary N) is 2. The number of benzene rings is 3. The SMILES string of the molecule is C1CCOCC1.C[C@H]1C[C@H]1c1noc(=O)[nH]1.Cc1cc(-n2nc3c(c2-n2ccn(-c4ccc5c(cnn5C)c4)c2=O)CN(C(=O)c2cc4ccccc4[nH]2)CC3)cc(C)c1F. The molecule has 2 N–H and O–H groups in total. The highest BCUT2D eigenvalue weighted by Gasteiger charge is 2.37. The molecule has 0 unspecified atom stereocenters. The summed E-state index contributed by atoms with van der Waals surface area (Å²) in [6.45, 7) is 8.29. The summed E-state index contributed by atoms with van der Waals surface area (Å²) in [7, 11) is 1.88. The molecule has 1 saturated carbocycles. The summed E-state index contributed by atoms with van der Waals surface area (Å²) in [6.07, 6.45) is 10.8. The molecule has 16 heteroatoms. The number of nitrogens with zero attached hydrogens (tertiary/aromatic N) is 8. The van der Waals surface area contributed by atoms with Gasteiger partial charge in [0.15, 0.2) is 5.82 Å². The standard InChI is InChI=1S/C34H29FN8O2.C6H8N2O2.C5H10O/c1-20-14-25(15-21(2)31(20)35)43-32(42-13-12-41(34(42)45)24-8-9-30-23(16-24)18-36-39(30)3)26-19-40(11-10-28(26)38-43)33(44)29-17-22-6-4-5-7-27(22)37-29;1-3-2-4(3)5-7-6(9)10-8-5;1-2-4-6-5-3-1/h4-9,12-18,37H,10-11,19H2,1-3H3;3-4H,2H2,1H3,(H,7,8,9);1-5H2/t;3-,4+;/m.0./s1. The molecule has 314 valence electrons. The first-order valence-corrected chi connectivity index (χ1v) is 20.6. The van der Waals surface area contributed by atoms with Gasteiger partial charge in [0, 0.05) is 73.4 Å². The molecule has 0 bridgehead atoms. The maximum absolute atomic E-state index is 14.7. The lowest BCUT2D eigenvalue weighted by Gasteiger charge is -2.26. The van der Waals surface area contributed by atoms with Gasteiger partial charge >= 0.3 is 11.4 Å². The summed E-state index contributed by atoms with van der Waals surface area (Å²) in [5.74, 6) is 1.47. The Morgan fingerprint density at radius 3 is 2.33 bits per heavy atom. The van der Waals surface area contributed by atoms with Crippen molar-refractivity contribution in [1.29, 1.82) is 0 Å². The van der Waals surface area contributed by atoms with Crippen LogP contribution in [0.5, 0.6) is 0 Å². The van der Waals surface area contributed by atoms with Crippen molar-refractivity contribution in [2.45, 2.75) is 65.3 Å². The number of halogens is 1. The van der Waals surface area contributed by atoms with Gasteiger partial charge in [-0.15, -0.1) is 0 Å². The number of fused-ring (bicyclic) bond motifs is 3. The Labute approximate surface area is 349 Å². The molecule has 7 heterocycles. The third kappa shape index (κ3) is 7.86. The lowest BCUT2D eigenvalue weighted by atomic mass is 10.1. The van der Waals surface area contributed by atoms with Crippen molar-refractivity contribution in [3.05, 3.63) is 140 Å². The van der Waals surface area contributed by atoms with Gasteiger partial charge < -0.3 is 14.6 Å². The molecule has 2 aliphatic heterocycles. The fraction of sp³-hybridized carbons (Fsp3) is 0.333. The number of ether oxygens (including phenoxy) is 1. The lowest BCUT2D eigenvalue weighted by Crippen LogP contribution is -2.36. The smallest absolute Gasteiger partial charge is 0.381 e. The second kappa shape index (κ2) is 16.3. The number of amides is 1. The summed E-state index contributed by atoms with van der Waals surface area (Å²) < 4.78 is 30.7. The highest BCUT2D eigenvalue weighted by atomic mass is 19.1. The van der Waals surface area contributed by atoms with Crippen LogP contribution in [-0.4, -0.2) is 74.4 Å². The number of hydrogen-bond acceptors (Lipinski definition) is 8. The lowest BCUT2D eigenvalue weighted by molar-refractivity contribution is 0.0729. The van der Waals surface area contributed by atoms with Crippen LogP contribution in [0.2, 0.25) is 0 Å². The van der Waals surface area contributed by atoms with Crippen molar-refractivity contribution in [2.75, 3.05) is 19.8 Å². The second-order valence-electron chi connectivity index (χ2n) is 16.1.